The zero-order valence-electron chi connectivity index (χ0n) is 10.7. The molecule has 1 N–H and O–H groups in total. The molecule has 3 nitrogen and oxygen atoms in total. The van der Waals surface area contributed by atoms with E-state index in [1.165, 1.54) is 32.2 Å². The molecule has 2 atom stereocenters. The summed E-state index contributed by atoms with van der Waals surface area (Å²) in [6.07, 6.45) is 5.84. The molecule has 0 aromatic rings. The van der Waals surface area contributed by atoms with E-state index in [0.717, 1.165) is 25.6 Å². The summed E-state index contributed by atoms with van der Waals surface area (Å²) in [7, 11) is 2.10. The number of nitrogens with one attached hydrogen (secondary N) is 1. The molecule has 2 aliphatic rings. The van der Waals surface area contributed by atoms with Crippen LogP contribution in [0.15, 0.2) is 0 Å². The highest BCUT2D eigenvalue weighted by Gasteiger charge is 2.31. The van der Waals surface area contributed by atoms with Gasteiger partial charge in [-0.2, -0.15) is 0 Å². The quantitative estimate of drug-likeness (QED) is 0.712. The average molecular weight is 226 g/mol. The maximum atomic E-state index is 5.71. The van der Waals surface area contributed by atoms with Crippen molar-refractivity contribution < 1.29 is 4.74 Å². The van der Waals surface area contributed by atoms with Crippen molar-refractivity contribution >= 4 is 0 Å². The molecule has 16 heavy (non-hydrogen) atoms. The van der Waals surface area contributed by atoms with Gasteiger partial charge in [-0.1, -0.05) is 6.92 Å². The lowest BCUT2D eigenvalue weighted by molar-refractivity contribution is 0.0709. The number of hydrogen-bond donors (Lipinski definition) is 1. The molecule has 1 saturated carbocycles. The van der Waals surface area contributed by atoms with Gasteiger partial charge in [0, 0.05) is 25.7 Å². The van der Waals surface area contributed by atoms with Crippen LogP contribution < -0.4 is 5.32 Å². The minimum absolute atomic E-state index is 0.497. The summed E-state index contributed by atoms with van der Waals surface area (Å²) in [5.74, 6) is 0.934. The van der Waals surface area contributed by atoms with Gasteiger partial charge in [-0.3, -0.25) is 4.90 Å². The second-order valence-electron chi connectivity index (χ2n) is 5.22. The van der Waals surface area contributed by atoms with Crippen LogP contribution in [0, 0.1) is 5.92 Å². The Hall–Kier alpha value is -0.120. The van der Waals surface area contributed by atoms with Gasteiger partial charge >= 0.3 is 0 Å². The summed E-state index contributed by atoms with van der Waals surface area (Å²) >= 11 is 0. The predicted molar refractivity (Wildman–Crippen MR) is 66.7 cm³/mol. The van der Waals surface area contributed by atoms with E-state index in [0.29, 0.717) is 12.1 Å². The lowest BCUT2D eigenvalue weighted by atomic mass is 10.1. The summed E-state index contributed by atoms with van der Waals surface area (Å²) in [4.78, 5) is 2.55. The molecular formula is C13H26N2O. The van der Waals surface area contributed by atoms with Crippen molar-refractivity contribution in [2.75, 3.05) is 33.3 Å². The van der Waals surface area contributed by atoms with Gasteiger partial charge in [-0.15, -0.1) is 0 Å². The third-order valence-electron chi connectivity index (χ3n) is 3.95. The van der Waals surface area contributed by atoms with Crippen molar-refractivity contribution in [3.63, 3.8) is 0 Å². The van der Waals surface area contributed by atoms with Crippen molar-refractivity contribution in [1.82, 2.24) is 10.2 Å². The highest BCUT2D eigenvalue weighted by Crippen LogP contribution is 2.32. The van der Waals surface area contributed by atoms with Crippen LogP contribution in [0.4, 0.5) is 0 Å². The SMILES string of the molecule is CCN(CC1CCCO1)CC(NC)C1CC1. The Morgan fingerprint density at radius 1 is 1.38 bits per heavy atom. The lowest BCUT2D eigenvalue weighted by Crippen LogP contribution is -2.43. The van der Waals surface area contributed by atoms with Crippen LogP contribution in [-0.4, -0.2) is 50.3 Å². The number of likely N-dealkylation sites (N-methyl/N-ethyl adjacent to an activating group) is 2. The highest BCUT2D eigenvalue weighted by molar-refractivity contribution is 4.88. The normalized spacial score (nSPS) is 27.6. The van der Waals surface area contributed by atoms with Crippen molar-refractivity contribution in [2.45, 2.75) is 44.8 Å². The Kier molecular flexibility index (Phi) is 4.62. The average Bonchev–Trinajstić information content (AvgIpc) is 3.02. The van der Waals surface area contributed by atoms with Crippen LogP contribution in [0.25, 0.3) is 0 Å². The molecule has 1 saturated heterocycles. The van der Waals surface area contributed by atoms with E-state index in [1.54, 1.807) is 0 Å². The molecule has 3 heteroatoms. The maximum Gasteiger partial charge on any atom is 0.0702 e. The minimum Gasteiger partial charge on any atom is -0.377 e. The van der Waals surface area contributed by atoms with E-state index in [-0.39, 0.29) is 0 Å². The first-order chi connectivity index (χ1) is 7.83. The monoisotopic (exact) mass is 226 g/mol. The van der Waals surface area contributed by atoms with Crippen LogP contribution in [0.3, 0.4) is 0 Å². The van der Waals surface area contributed by atoms with E-state index in [4.69, 9.17) is 4.74 Å². The van der Waals surface area contributed by atoms with Crippen LogP contribution in [0.5, 0.6) is 0 Å². The minimum atomic E-state index is 0.497. The van der Waals surface area contributed by atoms with Crippen molar-refractivity contribution in [3.05, 3.63) is 0 Å². The Morgan fingerprint density at radius 2 is 2.19 bits per heavy atom. The molecule has 94 valence electrons. The molecule has 0 aromatic carbocycles. The third kappa shape index (κ3) is 3.44. The summed E-state index contributed by atoms with van der Waals surface area (Å²) in [5, 5.41) is 3.47. The molecule has 0 aromatic heterocycles. The van der Waals surface area contributed by atoms with Crippen molar-refractivity contribution in [2.24, 2.45) is 5.92 Å². The van der Waals surface area contributed by atoms with Crippen LogP contribution in [-0.2, 0) is 4.74 Å². The van der Waals surface area contributed by atoms with E-state index >= 15 is 0 Å². The summed E-state index contributed by atoms with van der Waals surface area (Å²) in [6, 6.07) is 0.696. The number of rotatable bonds is 7. The van der Waals surface area contributed by atoms with E-state index in [1.807, 2.05) is 0 Å². The van der Waals surface area contributed by atoms with E-state index in [2.05, 4.69) is 24.2 Å². The van der Waals surface area contributed by atoms with E-state index in [9.17, 15) is 0 Å². The first-order valence-electron chi connectivity index (χ1n) is 6.84. The van der Waals surface area contributed by atoms with Gasteiger partial charge in [-0.25, -0.2) is 0 Å². The van der Waals surface area contributed by atoms with Gasteiger partial charge in [0.05, 0.1) is 6.10 Å². The van der Waals surface area contributed by atoms with Crippen molar-refractivity contribution in [3.8, 4) is 0 Å². The fourth-order valence-corrected chi connectivity index (χ4v) is 2.66. The van der Waals surface area contributed by atoms with Crippen LogP contribution >= 0.6 is 0 Å². The molecule has 1 heterocycles. The molecule has 0 bridgehead atoms. The smallest absolute Gasteiger partial charge is 0.0702 e. The first kappa shape index (κ1) is 12.3. The fraction of sp³-hybridized carbons (Fsp3) is 1.00. The Bertz CT molecular complexity index is 200. The second kappa shape index (κ2) is 5.99. The van der Waals surface area contributed by atoms with E-state index < -0.39 is 0 Å². The largest absolute Gasteiger partial charge is 0.377 e. The van der Waals surface area contributed by atoms with Crippen molar-refractivity contribution in [1.29, 1.82) is 0 Å². The van der Waals surface area contributed by atoms with Gasteiger partial charge in [0.2, 0.25) is 0 Å². The molecule has 1 aliphatic carbocycles. The lowest BCUT2D eigenvalue weighted by Gasteiger charge is -2.28. The molecule has 1 aliphatic heterocycles. The Morgan fingerprint density at radius 3 is 2.69 bits per heavy atom. The second-order valence-corrected chi connectivity index (χ2v) is 5.22. The predicted octanol–water partition coefficient (Wildman–Crippen LogP) is 1.49. The molecular weight excluding hydrogens is 200 g/mol. The van der Waals surface area contributed by atoms with Gasteiger partial charge < -0.3 is 10.1 Å². The Balaban J connectivity index is 1.74. The van der Waals surface area contributed by atoms with Crippen LogP contribution in [0.2, 0.25) is 0 Å². The third-order valence-corrected chi connectivity index (χ3v) is 3.95. The molecule has 2 rings (SSSR count). The Labute approximate surface area is 99.5 Å². The molecule has 2 fully saturated rings. The molecule has 2 unspecified atom stereocenters. The number of hydrogen-bond acceptors (Lipinski definition) is 3. The highest BCUT2D eigenvalue weighted by atomic mass is 16.5. The van der Waals surface area contributed by atoms with Gasteiger partial charge in [-0.05, 0) is 45.2 Å². The number of ether oxygens (including phenoxy) is 1. The summed E-state index contributed by atoms with van der Waals surface area (Å²) in [5.41, 5.74) is 0. The van der Waals surface area contributed by atoms with Gasteiger partial charge in [0.25, 0.3) is 0 Å². The van der Waals surface area contributed by atoms with Gasteiger partial charge in [0.1, 0.15) is 0 Å². The summed E-state index contributed by atoms with van der Waals surface area (Å²) < 4.78 is 5.71. The standard InChI is InChI=1S/C13H26N2O/c1-3-15(9-12-5-4-8-16-12)10-13(14-2)11-6-7-11/h11-14H,3-10H2,1-2H3. The molecule has 0 amide bonds. The zero-order chi connectivity index (χ0) is 11.4. The zero-order valence-corrected chi connectivity index (χ0v) is 10.7. The topological polar surface area (TPSA) is 24.5 Å². The van der Waals surface area contributed by atoms with Crippen LogP contribution in [0.1, 0.15) is 32.6 Å². The first-order valence-corrected chi connectivity index (χ1v) is 6.84. The fourth-order valence-electron chi connectivity index (χ4n) is 2.66. The molecule has 0 spiro atoms. The summed E-state index contributed by atoms with van der Waals surface area (Å²) in [6.45, 7) is 6.69. The maximum absolute atomic E-state index is 5.71. The van der Waals surface area contributed by atoms with Gasteiger partial charge in [0.15, 0.2) is 0 Å². The molecule has 0 radical (unpaired) electrons. The number of nitrogens with zero attached hydrogens (tertiary/aromatic N) is 1.